The number of aryl methyl sites for hydroxylation is 3. The highest BCUT2D eigenvalue weighted by Gasteiger charge is 2.16. The highest BCUT2D eigenvalue weighted by atomic mass is 16.5. The van der Waals surface area contributed by atoms with E-state index in [9.17, 15) is 4.79 Å². The van der Waals surface area contributed by atoms with Crippen molar-refractivity contribution in [3.8, 4) is 17.1 Å². The Morgan fingerprint density at radius 2 is 1.97 bits per heavy atom. The van der Waals surface area contributed by atoms with E-state index >= 15 is 0 Å². The van der Waals surface area contributed by atoms with Crippen LogP contribution in [0.4, 0.5) is 5.69 Å². The van der Waals surface area contributed by atoms with Gasteiger partial charge >= 0.3 is 0 Å². The van der Waals surface area contributed by atoms with E-state index in [4.69, 9.17) is 4.74 Å². The molecule has 1 aliphatic heterocycles. The second-order valence-corrected chi connectivity index (χ2v) is 7.88. The minimum atomic E-state index is -0.0731. The summed E-state index contributed by atoms with van der Waals surface area (Å²) in [6.07, 6.45) is 4.80. The highest BCUT2D eigenvalue weighted by molar-refractivity contribution is 5.91. The van der Waals surface area contributed by atoms with Crippen molar-refractivity contribution in [1.82, 2.24) is 14.8 Å². The maximum absolute atomic E-state index is 12.4. The summed E-state index contributed by atoms with van der Waals surface area (Å²) in [6.45, 7) is 5.41. The summed E-state index contributed by atoms with van der Waals surface area (Å²) < 4.78 is 7.94. The average molecular weight is 405 g/mol. The lowest BCUT2D eigenvalue weighted by atomic mass is 10.1. The normalized spacial score (nSPS) is 13.4. The minimum absolute atomic E-state index is 0.0731. The first kappa shape index (κ1) is 20.1. The second-order valence-electron chi connectivity index (χ2n) is 7.88. The lowest BCUT2D eigenvalue weighted by Gasteiger charge is -2.10. The molecule has 0 unspecified atom stereocenters. The zero-order valence-corrected chi connectivity index (χ0v) is 17.6. The first-order chi connectivity index (χ1) is 14.6. The number of carbonyl (C=O) groups excluding carboxylic acids is 1. The van der Waals surface area contributed by atoms with E-state index in [0.29, 0.717) is 6.61 Å². The SMILES string of the molecule is Cc1ccc(OCCC(=O)Nc2cccc(-c3nnc4n3CCCCC4)c2)cc1C. The Bertz CT molecular complexity index is 1040. The summed E-state index contributed by atoms with van der Waals surface area (Å²) in [4.78, 5) is 12.4. The van der Waals surface area contributed by atoms with Gasteiger partial charge in [-0.3, -0.25) is 4.79 Å². The smallest absolute Gasteiger partial charge is 0.227 e. The third-order valence-corrected chi connectivity index (χ3v) is 5.59. The molecule has 1 N–H and O–H groups in total. The van der Waals surface area contributed by atoms with Crippen molar-refractivity contribution in [1.29, 1.82) is 0 Å². The molecule has 4 rings (SSSR count). The van der Waals surface area contributed by atoms with Crippen molar-refractivity contribution in [3.05, 3.63) is 59.4 Å². The van der Waals surface area contributed by atoms with Crippen molar-refractivity contribution in [3.63, 3.8) is 0 Å². The summed E-state index contributed by atoms with van der Waals surface area (Å²) in [5, 5.41) is 11.7. The van der Waals surface area contributed by atoms with Gasteiger partial charge in [-0.05, 0) is 62.1 Å². The third kappa shape index (κ3) is 4.70. The molecule has 0 atom stereocenters. The predicted octanol–water partition coefficient (Wildman–Crippen LogP) is 4.70. The largest absolute Gasteiger partial charge is 0.493 e. The van der Waals surface area contributed by atoms with Crippen LogP contribution in [-0.2, 0) is 17.8 Å². The molecule has 2 aromatic carbocycles. The molecule has 0 saturated carbocycles. The Hall–Kier alpha value is -3.15. The van der Waals surface area contributed by atoms with Crippen molar-refractivity contribution < 1.29 is 9.53 Å². The van der Waals surface area contributed by atoms with E-state index in [1.165, 1.54) is 24.0 Å². The van der Waals surface area contributed by atoms with Crippen molar-refractivity contribution in [2.75, 3.05) is 11.9 Å². The molecule has 30 heavy (non-hydrogen) atoms. The Morgan fingerprint density at radius 1 is 1.07 bits per heavy atom. The summed E-state index contributed by atoms with van der Waals surface area (Å²) in [5.41, 5.74) is 4.14. The quantitative estimate of drug-likeness (QED) is 0.647. The van der Waals surface area contributed by atoms with Crippen LogP contribution in [0.3, 0.4) is 0 Å². The first-order valence-electron chi connectivity index (χ1n) is 10.6. The topological polar surface area (TPSA) is 69.0 Å². The van der Waals surface area contributed by atoms with E-state index < -0.39 is 0 Å². The predicted molar refractivity (Wildman–Crippen MR) is 118 cm³/mol. The van der Waals surface area contributed by atoms with Gasteiger partial charge < -0.3 is 14.6 Å². The van der Waals surface area contributed by atoms with Crippen molar-refractivity contribution in [2.24, 2.45) is 0 Å². The monoisotopic (exact) mass is 404 g/mol. The molecule has 0 spiro atoms. The fraction of sp³-hybridized carbons (Fsp3) is 0.375. The number of carbonyl (C=O) groups is 1. The van der Waals surface area contributed by atoms with Gasteiger partial charge in [0.2, 0.25) is 5.91 Å². The Kier molecular flexibility index (Phi) is 6.12. The number of amides is 1. The number of hydrogen-bond acceptors (Lipinski definition) is 4. The number of ether oxygens (including phenoxy) is 1. The molecule has 6 nitrogen and oxygen atoms in total. The van der Waals surface area contributed by atoms with E-state index in [-0.39, 0.29) is 12.3 Å². The van der Waals surface area contributed by atoms with Crippen LogP contribution >= 0.6 is 0 Å². The van der Waals surface area contributed by atoms with Crippen LogP contribution < -0.4 is 10.1 Å². The number of aromatic nitrogens is 3. The van der Waals surface area contributed by atoms with Crippen LogP contribution in [-0.4, -0.2) is 27.3 Å². The molecular formula is C24H28N4O2. The standard InChI is InChI=1S/C24H28N4O2/c1-17-10-11-21(15-18(17)2)30-14-12-23(29)25-20-8-6-7-19(16-20)24-27-26-22-9-4-3-5-13-28(22)24/h6-8,10-11,15-16H,3-5,9,12-14H2,1-2H3,(H,25,29). The van der Waals surface area contributed by atoms with Gasteiger partial charge in [-0.1, -0.05) is 24.6 Å². The molecule has 0 fully saturated rings. The lowest BCUT2D eigenvalue weighted by molar-refractivity contribution is -0.116. The fourth-order valence-electron chi connectivity index (χ4n) is 3.72. The fourth-order valence-corrected chi connectivity index (χ4v) is 3.72. The molecule has 0 bridgehead atoms. The molecule has 1 aromatic heterocycles. The zero-order chi connectivity index (χ0) is 20.9. The molecule has 156 valence electrons. The molecule has 2 heterocycles. The number of benzene rings is 2. The highest BCUT2D eigenvalue weighted by Crippen LogP contribution is 2.25. The van der Waals surface area contributed by atoms with E-state index in [2.05, 4.69) is 33.9 Å². The molecule has 1 amide bonds. The van der Waals surface area contributed by atoms with E-state index in [0.717, 1.165) is 48.0 Å². The van der Waals surface area contributed by atoms with Gasteiger partial charge in [-0.25, -0.2) is 0 Å². The van der Waals surface area contributed by atoms with Gasteiger partial charge in [0.15, 0.2) is 5.82 Å². The van der Waals surface area contributed by atoms with Gasteiger partial charge in [0.05, 0.1) is 13.0 Å². The number of rotatable bonds is 6. The van der Waals surface area contributed by atoms with Crippen LogP contribution in [0.1, 0.15) is 42.6 Å². The Labute approximate surface area is 177 Å². The molecule has 0 radical (unpaired) electrons. The third-order valence-electron chi connectivity index (χ3n) is 5.59. The van der Waals surface area contributed by atoms with Crippen LogP contribution in [0.5, 0.6) is 5.75 Å². The van der Waals surface area contributed by atoms with E-state index in [1.54, 1.807) is 0 Å². The lowest BCUT2D eigenvalue weighted by Crippen LogP contribution is -2.15. The van der Waals surface area contributed by atoms with Gasteiger partial charge in [0, 0.05) is 24.2 Å². The number of nitrogens with one attached hydrogen (secondary N) is 1. The molecule has 1 aliphatic rings. The molecule has 0 aliphatic carbocycles. The van der Waals surface area contributed by atoms with Crippen molar-refractivity contribution >= 4 is 11.6 Å². The second kappa shape index (κ2) is 9.11. The molecular weight excluding hydrogens is 376 g/mol. The minimum Gasteiger partial charge on any atom is -0.493 e. The zero-order valence-electron chi connectivity index (χ0n) is 17.6. The maximum atomic E-state index is 12.4. The van der Waals surface area contributed by atoms with Gasteiger partial charge in [-0.15, -0.1) is 10.2 Å². The molecule has 6 heteroatoms. The number of hydrogen-bond donors (Lipinski definition) is 1. The van der Waals surface area contributed by atoms with E-state index in [1.807, 2.05) is 42.5 Å². The summed E-state index contributed by atoms with van der Waals surface area (Å²) in [5.74, 6) is 2.65. The van der Waals surface area contributed by atoms with Gasteiger partial charge in [0.25, 0.3) is 0 Å². The van der Waals surface area contributed by atoms with Crippen LogP contribution in [0, 0.1) is 13.8 Å². The van der Waals surface area contributed by atoms with Gasteiger partial charge in [-0.2, -0.15) is 0 Å². The number of fused-ring (bicyclic) bond motifs is 1. The molecule has 0 saturated heterocycles. The first-order valence-corrected chi connectivity index (χ1v) is 10.6. The maximum Gasteiger partial charge on any atom is 0.227 e. The molecule has 3 aromatic rings. The summed E-state index contributed by atoms with van der Waals surface area (Å²) >= 11 is 0. The van der Waals surface area contributed by atoms with Crippen LogP contribution in [0.25, 0.3) is 11.4 Å². The number of nitrogens with zero attached hydrogens (tertiary/aromatic N) is 3. The average Bonchev–Trinajstić information content (AvgIpc) is 2.99. The van der Waals surface area contributed by atoms with Crippen LogP contribution in [0.15, 0.2) is 42.5 Å². The van der Waals surface area contributed by atoms with Crippen LogP contribution in [0.2, 0.25) is 0 Å². The number of anilines is 1. The Balaban J connectivity index is 1.37. The van der Waals surface area contributed by atoms with Crippen molar-refractivity contribution in [2.45, 2.75) is 52.5 Å². The summed E-state index contributed by atoms with van der Waals surface area (Å²) in [7, 11) is 0. The summed E-state index contributed by atoms with van der Waals surface area (Å²) in [6, 6.07) is 13.8. The Morgan fingerprint density at radius 3 is 2.83 bits per heavy atom. The van der Waals surface area contributed by atoms with Gasteiger partial charge in [0.1, 0.15) is 11.6 Å².